The molecule has 0 saturated carbocycles. The van der Waals surface area contributed by atoms with Crippen LogP contribution in [0, 0.1) is 0 Å². The summed E-state index contributed by atoms with van der Waals surface area (Å²) in [7, 11) is -9.71. The third-order valence-corrected chi connectivity index (χ3v) is 5.80. The van der Waals surface area contributed by atoms with Gasteiger partial charge in [0.2, 0.25) is 0 Å². The molecule has 0 aliphatic carbocycles. The molecule has 25 heavy (non-hydrogen) atoms. The maximum Gasteiger partial charge on any atom is 0.512 e. The van der Waals surface area contributed by atoms with E-state index in [1.165, 1.54) is 0 Å². The van der Waals surface area contributed by atoms with Crippen LogP contribution >= 0.6 is 0 Å². The van der Waals surface area contributed by atoms with E-state index in [0.717, 1.165) is 20.3 Å². The lowest BCUT2D eigenvalue weighted by Crippen LogP contribution is -2.40. The van der Waals surface area contributed by atoms with Crippen molar-refractivity contribution in [3.8, 4) is 0 Å². The number of rotatable bonds is 5. The fourth-order valence-electron chi connectivity index (χ4n) is 1.47. The first-order chi connectivity index (χ1) is 11.2. The quantitative estimate of drug-likeness (QED) is 0.696. The molecule has 0 heterocycles. The van der Waals surface area contributed by atoms with Crippen molar-refractivity contribution in [2.45, 2.75) is 10.4 Å². The summed E-state index contributed by atoms with van der Waals surface area (Å²) in [6, 6.07) is 1.92. The van der Waals surface area contributed by atoms with E-state index in [4.69, 9.17) is 0 Å². The number of nitrogens with one attached hydrogen (secondary N) is 1. The molecule has 0 bridgehead atoms. The second-order valence-electron chi connectivity index (χ2n) is 4.27. The van der Waals surface area contributed by atoms with Crippen LogP contribution < -0.4 is 4.13 Å². The Morgan fingerprint density at radius 1 is 0.920 bits per heavy atom. The predicted octanol–water partition coefficient (Wildman–Crippen LogP) is 0.388. The SMILES string of the molecule is COC(=O)c1cc(C(=O)OC)cc(S(=O)(=O)NS(=O)(=O)C(F)(F)F)c1. The van der Waals surface area contributed by atoms with Gasteiger partial charge in [0.25, 0.3) is 10.0 Å². The van der Waals surface area contributed by atoms with Crippen LogP contribution in [0.15, 0.2) is 23.1 Å². The average Bonchev–Trinajstić information content (AvgIpc) is 2.50. The molecule has 0 amide bonds. The first kappa shape index (κ1) is 20.9. The Morgan fingerprint density at radius 3 is 1.64 bits per heavy atom. The van der Waals surface area contributed by atoms with E-state index in [1.807, 2.05) is 0 Å². The highest BCUT2D eigenvalue weighted by molar-refractivity contribution is 8.05. The summed E-state index contributed by atoms with van der Waals surface area (Å²) in [6.45, 7) is 0. The van der Waals surface area contributed by atoms with E-state index >= 15 is 0 Å². The van der Waals surface area contributed by atoms with Gasteiger partial charge in [-0.15, -0.1) is 0 Å². The number of benzene rings is 1. The third kappa shape index (κ3) is 4.67. The molecular formula is C11H10F3NO8S2. The van der Waals surface area contributed by atoms with Crippen molar-refractivity contribution in [1.82, 2.24) is 4.13 Å². The number of carbonyl (C=O) groups is 2. The van der Waals surface area contributed by atoms with Crippen LogP contribution in [0.1, 0.15) is 20.7 Å². The largest absolute Gasteiger partial charge is 0.512 e. The third-order valence-electron chi connectivity index (χ3n) is 2.58. The summed E-state index contributed by atoms with van der Waals surface area (Å²) in [6.07, 6.45) is 0. The Bertz CT molecular complexity index is 871. The molecule has 1 N–H and O–H groups in total. The van der Waals surface area contributed by atoms with Crippen LogP contribution in [0.5, 0.6) is 0 Å². The summed E-state index contributed by atoms with van der Waals surface area (Å²) >= 11 is 0. The van der Waals surface area contributed by atoms with Crippen molar-refractivity contribution in [1.29, 1.82) is 0 Å². The van der Waals surface area contributed by atoms with Gasteiger partial charge in [0.1, 0.15) is 0 Å². The number of esters is 2. The van der Waals surface area contributed by atoms with Crippen molar-refractivity contribution in [3.63, 3.8) is 0 Å². The summed E-state index contributed by atoms with van der Waals surface area (Å²) in [5.74, 6) is -2.25. The first-order valence-corrected chi connectivity index (χ1v) is 8.88. The number of sulfonamides is 2. The maximum atomic E-state index is 12.3. The van der Waals surface area contributed by atoms with E-state index in [-0.39, 0.29) is 0 Å². The van der Waals surface area contributed by atoms with Crippen molar-refractivity contribution in [2.24, 2.45) is 0 Å². The number of carbonyl (C=O) groups excluding carboxylic acids is 2. The van der Waals surface area contributed by atoms with Gasteiger partial charge >= 0.3 is 27.5 Å². The molecule has 0 saturated heterocycles. The van der Waals surface area contributed by atoms with Crippen molar-refractivity contribution >= 4 is 32.0 Å². The molecule has 0 unspecified atom stereocenters. The van der Waals surface area contributed by atoms with Crippen molar-refractivity contribution in [3.05, 3.63) is 29.3 Å². The van der Waals surface area contributed by atoms with Gasteiger partial charge in [-0.25, -0.2) is 26.4 Å². The molecule has 1 aromatic rings. The standard InChI is InChI=1S/C11H10F3NO8S2/c1-22-9(16)6-3-7(10(17)23-2)5-8(4-6)24(18,19)15-25(20,21)11(12,13)14/h3-5,15H,1-2H3. The predicted molar refractivity (Wildman–Crippen MR) is 74.4 cm³/mol. The lowest BCUT2D eigenvalue weighted by molar-refractivity contribution is -0.0441. The minimum atomic E-state index is -6.25. The van der Waals surface area contributed by atoms with Crippen LogP contribution in [0.3, 0.4) is 0 Å². The maximum absolute atomic E-state index is 12.3. The highest BCUT2D eigenvalue weighted by Crippen LogP contribution is 2.24. The van der Waals surface area contributed by atoms with Crippen molar-refractivity contribution < 1.29 is 49.1 Å². The minimum absolute atomic E-state index is 0.472. The summed E-state index contributed by atoms with van der Waals surface area (Å²) in [4.78, 5) is 21.9. The van der Waals surface area contributed by atoms with E-state index in [9.17, 15) is 39.6 Å². The zero-order valence-electron chi connectivity index (χ0n) is 12.4. The van der Waals surface area contributed by atoms with E-state index in [1.54, 1.807) is 0 Å². The number of halogens is 3. The van der Waals surface area contributed by atoms with E-state index in [0.29, 0.717) is 16.3 Å². The molecule has 140 valence electrons. The molecule has 0 aliphatic heterocycles. The van der Waals surface area contributed by atoms with Crippen LogP contribution in [-0.2, 0) is 29.5 Å². The van der Waals surface area contributed by atoms with Gasteiger partial charge in [-0.1, -0.05) is 4.13 Å². The second kappa shape index (κ2) is 6.97. The molecule has 9 nitrogen and oxygen atoms in total. The number of hydrogen-bond acceptors (Lipinski definition) is 8. The van der Waals surface area contributed by atoms with Crippen LogP contribution in [0.25, 0.3) is 0 Å². The summed E-state index contributed by atoms with van der Waals surface area (Å²) < 4.78 is 92.0. The van der Waals surface area contributed by atoms with Crippen LogP contribution in [-0.4, -0.2) is 48.5 Å². The van der Waals surface area contributed by atoms with Crippen molar-refractivity contribution in [2.75, 3.05) is 14.2 Å². The fraction of sp³-hybridized carbons (Fsp3) is 0.273. The lowest BCUT2D eigenvalue weighted by Gasteiger charge is -2.12. The molecule has 1 rings (SSSR count). The molecule has 14 heteroatoms. The fourth-order valence-corrected chi connectivity index (χ4v) is 3.95. The highest BCUT2D eigenvalue weighted by atomic mass is 32.3. The number of methoxy groups -OCH3 is 2. The van der Waals surface area contributed by atoms with E-state index in [2.05, 4.69) is 9.47 Å². The van der Waals surface area contributed by atoms with Gasteiger partial charge in [0.15, 0.2) is 0 Å². The summed E-state index contributed by atoms with van der Waals surface area (Å²) in [5, 5.41) is 0. The Hall–Kier alpha value is -2.19. The average molecular weight is 405 g/mol. The van der Waals surface area contributed by atoms with Crippen LogP contribution in [0.2, 0.25) is 0 Å². The van der Waals surface area contributed by atoms with Gasteiger partial charge in [0, 0.05) is 0 Å². The number of hydrogen-bond donors (Lipinski definition) is 1. The zero-order chi connectivity index (χ0) is 19.6. The Kier molecular flexibility index (Phi) is 5.81. The van der Waals surface area contributed by atoms with Gasteiger partial charge in [-0.05, 0) is 18.2 Å². The zero-order valence-corrected chi connectivity index (χ0v) is 14.1. The molecule has 1 aromatic carbocycles. The normalized spacial score (nSPS) is 12.5. The summed E-state index contributed by atoms with van der Waals surface area (Å²) in [5.41, 5.74) is -6.96. The molecule has 0 radical (unpaired) electrons. The van der Waals surface area contributed by atoms with Gasteiger partial charge in [-0.3, -0.25) is 0 Å². The molecule has 0 spiro atoms. The first-order valence-electron chi connectivity index (χ1n) is 5.92. The minimum Gasteiger partial charge on any atom is -0.465 e. The Labute approximate surface area is 139 Å². The van der Waals surface area contributed by atoms with Gasteiger partial charge in [0.05, 0.1) is 30.2 Å². The molecule has 0 atom stereocenters. The molecule has 0 aromatic heterocycles. The molecule has 0 aliphatic rings. The number of ether oxygens (including phenoxy) is 2. The Balaban J connectivity index is 3.54. The smallest absolute Gasteiger partial charge is 0.465 e. The van der Waals surface area contributed by atoms with E-state index < -0.39 is 53.5 Å². The second-order valence-corrected chi connectivity index (χ2v) is 7.88. The van der Waals surface area contributed by atoms with Crippen LogP contribution in [0.4, 0.5) is 13.2 Å². The molecular weight excluding hydrogens is 395 g/mol. The van der Waals surface area contributed by atoms with Gasteiger partial charge in [-0.2, -0.15) is 13.2 Å². The Morgan fingerprint density at radius 2 is 1.32 bits per heavy atom. The monoisotopic (exact) mass is 405 g/mol. The highest BCUT2D eigenvalue weighted by Gasteiger charge is 2.48. The topological polar surface area (TPSA) is 133 Å². The number of alkyl halides is 3. The molecule has 0 fully saturated rings. The lowest BCUT2D eigenvalue weighted by atomic mass is 10.1. The van der Waals surface area contributed by atoms with Gasteiger partial charge < -0.3 is 9.47 Å².